The van der Waals surface area contributed by atoms with Crippen molar-refractivity contribution in [2.45, 2.75) is 0 Å². The fourth-order valence-corrected chi connectivity index (χ4v) is 3.99. The Morgan fingerprint density at radius 3 is 1.68 bits per heavy atom. The van der Waals surface area contributed by atoms with E-state index in [1.54, 1.807) is 0 Å². The van der Waals surface area contributed by atoms with Gasteiger partial charge in [-0.25, -0.2) is 9.97 Å². The third-order valence-corrected chi connectivity index (χ3v) is 5.62. The van der Waals surface area contributed by atoms with Crippen molar-refractivity contribution in [1.82, 2.24) is 9.97 Å². The molecule has 5 aromatic rings. The van der Waals surface area contributed by atoms with Gasteiger partial charge in [0, 0.05) is 5.56 Å². The van der Waals surface area contributed by atoms with E-state index in [9.17, 15) is 0 Å². The van der Waals surface area contributed by atoms with Crippen molar-refractivity contribution in [2.75, 3.05) is 0 Å². The number of halogens is 1. The van der Waals surface area contributed by atoms with Crippen LogP contribution in [0.15, 0.2) is 120 Å². The highest BCUT2D eigenvalue weighted by atomic mass is 79.9. The van der Waals surface area contributed by atoms with Crippen molar-refractivity contribution in [1.29, 1.82) is 0 Å². The molecule has 0 aliphatic rings. The van der Waals surface area contributed by atoms with E-state index >= 15 is 0 Å². The molecule has 3 aromatic carbocycles. The molecular weight excluding hydrogens is 444 g/mol. The van der Waals surface area contributed by atoms with Crippen molar-refractivity contribution < 1.29 is 0 Å². The smallest absolute Gasteiger partial charge is 0.106 e. The van der Waals surface area contributed by atoms with Gasteiger partial charge in [0.2, 0.25) is 0 Å². The first-order valence-corrected chi connectivity index (χ1v) is 10.9. The van der Waals surface area contributed by atoms with Crippen LogP contribution in [-0.4, -0.2) is 9.97 Å². The van der Waals surface area contributed by atoms with Crippen LogP contribution >= 0.6 is 15.9 Å². The van der Waals surface area contributed by atoms with Crippen LogP contribution in [0.3, 0.4) is 0 Å². The van der Waals surface area contributed by atoms with Crippen LogP contribution in [-0.2, 0) is 0 Å². The minimum atomic E-state index is 0.796. The molecule has 2 nitrogen and oxygen atoms in total. The lowest BCUT2D eigenvalue weighted by atomic mass is 9.97. The average molecular weight is 463 g/mol. The molecule has 2 aromatic heterocycles. The molecule has 2 heterocycles. The molecule has 148 valence electrons. The van der Waals surface area contributed by atoms with Crippen LogP contribution in [0.25, 0.3) is 44.9 Å². The highest BCUT2D eigenvalue weighted by Crippen LogP contribution is 2.32. The number of rotatable bonds is 4. The van der Waals surface area contributed by atoms with Crippen LogP contribution in [0, 0.1) is 0 Å². The molecule has 0 bridgehead atoms. The molecule has 0 unspecified atom stereocenters. The van der Waals surface area contributed by atoms with Crippen LogP contribution in [0.1, 0.15) is 0 Å². The molecule has 0 aliphatic carbocycles. The van der Waals surface area contributed by atoms with Gasteiger partial charge in [-0.1, -0.05) is 84.9 Å². The lowest BCUT2D eigenvalue weighted by molar-refractivity contribution is 1.22. The topological polar surface area (TPSA) is 25.8 Å². The number of hydrogen-bond donors (Lipinski definition) is 0. The Kier molecular flexibility index (Phi) is 5.42. The van der Waals surface area contributed by atoms with Crippen LogP contribution in [0.4, 0.5) is 0 Å². The summed E-state index contributed by atoms with van der Waals surface area (Å²) < 4.78 is 0.796. The van der Waals surface area contributed by atoms with Crippen molar-refractivity contribution in [3.63, 3.8) is 0 Å². The zero-order valence-corrected chi connectivity index (χ0v) is 18.3. The minimum Gasteiger partial charge on any atom is -0.246 e. The van der Waals surface area contributed by atoms with E-state index in [-0.39, 0.29) is 0 Å². The molecule has 5 rings (SSSR count). The number of aromatic nitrogens is 2. The summed E-state index contributed by atoms with van der Waals surface area (Å²) in [4.78, 5) is 9.57. The second-order valence-corrected chi connectivity index (χ2v) is 8.10. The third kappa shape index (κ3) is 4.32. The van der Waals surface area contributed by atoms with Crippen molar-refractivity contribution >= 4 is 15.9 Å². The second kappa shape index (κ2) is 8.66. The lowest BCUT2D eigenvalue weighted by Crippen LogP contribution is -1.93. The quantitative estimate of drug-likeness (QED) is 0.253. The summed E-state index contributed by atoms with van der Waals surface area (Å²) in [5, 5.41) is 0. The first-order chi connectivity index (χ1) is 15.3. The molecule has 0 spiro atoms. The molecule has 0 atom stereocenters. The fraction of sp³-hybridized carbons (Fsp3) is 0. The predicted octanol–water partition coefficient (Wildman–Crippen LogP) is 7.91. The molecule has 3 heteroatoms. The Morgan fingerprint density at radius 2 is 0.968 bits per heavy atom. The minimum absolute atomic E-state index is 0.796. The summed E-state index contributed by atoms with van der Waals surface area (Å²) in [5.74, 6) is 0. The van der Waals surface area contributed by atoms with Gasteiger partial charge in [0.1, 0.15) is 4.60 Å². The van der Waals surface area contributed by atoms with Gasteiger partial charge in [0.15, 0.2) is 0 Å². The highest BCUT2D eigenvalue weighted by molar-refractivity contribution is 9.10. The molecule has 0 amide bonds. The maximum atomic E-state index is 4.94. The van der Waals surface area contributed by atoms with E-state index in [4.69, 9.17) is 4.98 Å². The first-order valence-electron chi connectivity index (χ1n) is 10.1. The van der Waals surface area contributed by atoms with Gasteiger partial charge in [-0.15, -0.1) is 0 Å². The maximum Gasteiger partial charge on any atom is 0.106 e. The van der Waals surface area contributed by atoms with Crippen molar-refractivity contribution in [2.24, 2.45) is 0 Å². The number of benzene rings is 3. The lowest BCUT2D eigenvalue weighted by Gasteiger charge is -2.11. The molecule has 0 aliphatic heterocycles. The Bertz CT molecular complexity index is 1330. The highest BCUT2D eigenvalue weighted by Gasteiger charge is 2.11. The van der Waals surface area contributed by atoms with Crippen LogP contribution in [0.5, 0.6) is 0 Å². The van der Waals surface area contributed by atoms with Gasteiger partial charge in [-0.3, -0.25) is 0 Å². The van der Waals surface area contributed by atoms with E-state index in [2.05, 4.69) is 93.7 Å². The molecule has 0 radical (unpaired) electrons. The Balaban J connectivity index is 1.67. The van der Waals surface area contributed by atoms with Crippen molar-refractivity contribution in [3.05, 3.63) is 120 Å². The Morgan fingerprint density at radius 1 is 0.387 bits per heavy atom. The number of nitrogens with zero attached hydrogens (tertiary/aromatic N) is 2. The van der Waals surface area contributed by atoms with E-state index in [1.807, 2.05) is 42.5 Å². The zero-order valence-electron chi connectivity index (χ0n) is 16.7. The van der Waals surface area contributed by atoms with Gasteiger partial charge in [-0.05, 0) is 68.5 Å². The summed E-state index contributed by atoms with van der Waals surface area (Å²) in [5.41, 5.74) is 8.37. The van der Waals surface area contributed by atoms with E-state index < -0.39 is 0 Å². The van der Waals surface area contributed by atoms with E-state index in [1.165, 1.54) is 11.1 Å². The van der Waals surface area contributed by atoms with Gasteiger partial charge in [0.05, 0.1) is 17.1 Å². The maximum absolute atomic E-state index is 4.94. The molecule has 0 saturated heterocycles. The standard InChI is InChI=1S/C28H19BrN2/c29-28-16-8-15-25(31-28)27-19-24(18-26(30-27)21-11-5-2-6-12-21)23-14-7-13-22(17-23)20-9-3-1-4-10-20/h1-19H. The SMILES string of the molecule is Brc1cccc(-c2cc(-c3cccc(-c4ccccc4)c3)cc(-c3ccccc3)n2)n1. The van der Waals surface area contributed by atoms with Crippen LogP contribution < -0.4 is 0 Å². The largest absolute Gasteiger partial charge is 0.246 e. The normalized spacial score (nSPS) is 10.7. The predicted molar refractivity (Wildman–Crippen MR) is 131 cm³/mol. The van der Waals surface area contributed by atoms with E-state index in [0.717, 1.165) is 38.4 Å². The van der Waals surface area contributed by atoms with Crippen molar-refractivity contribution in [3.8, 4) is 44.9 Å². The van der Waals surface area contributed by atoms with Gasteiger partial charge >= 0.3 is 0 Å². The van der Waals surface area contributed by atoms with Gasteiger partial charge in [0.25, 0.3) is 0 Å². The number of hydrogen-bond acceptors (Lipinski definition) is 2. The Hall–Kier alpha value is -3.56. The summed E-state index contributed by atoms with van der Waals surface area (Å²) >= 11 is 3.48. The molecule has 0 saturated carbocycles. The first kappa shape index (κ1) is 19.4. The summed E-state index contributed by atoms with van der Waals surface area (Å²) in [6.07, 6.45) is 0. The zero-order chi connectivity index (χ0) is 21.0. The Labute approximate surface area is 190 Å². The molecule has 0 fully saturated rings. The second-order valence-electron chi connectivity index (χ2n) is 7.28. The molecule has 0 N–H and O–H groups in total. The van der Waals surface area contributed by atoms with Gasteiger partial charge < -0.3 is 0 Å². The summed E-state index contributed by atoms with van der Waals surface area (Å²) in [6.45, 7) is 0. The fourth-order valence-electron chi connectivity index (χ4n) is 3.65. The monoisotopic (exact) mass is 462 g/mol. The number of pyridine rings is 2. The average Bonchev–Trinajstić information content (AvgIpc) is 2.85. The van der Waals surface area contributed by atoms with Crippen LogP contribution in [0.2, 0.25) is 0 Å². The molecular formula is C28H19BrN2. The van der Waals surface area contributed by atoms with Gasteiger partial charge in [-0.2, -0.15) is 0 Å². The van der Waals surface area contributed by atoms with E-state index in [0.29, 0.717) is 0 Å². The summed E-state index contributed by atoms with van der Waals surface area (Å²) in [6, 6.07) is 39.5. The molecule has 31 heavy (non-hydrogen) atoms. The third-order valence-electron chi connectivity index (χ3n) is 5.18. The summed E-state index contributed by atoms with van der Waals surface area (Å²) in [7, 11) is 0.